The molecule has 1 aliphatic rings. The molecule has 7 heteroatoms. The van der Waals surface area contributed by atoms with E-state index < -0.39 is 29.7 Å². The number of carbonyl (C=O) groups is 2. The van der Waals surface area contributed by atoms with Crippen LogP contribution in [0.25, 0.3) is 0 Å². The molecule has 180 valence electrons. The summed E-state index contributed by atoms with van der Waals surface area (Å²) in [5.41, 5.74) is -0.933. The third-order valence-electron chi connectivity index (χ3n) is 5.96. The predicted octanol–water partition coefficient (Wildman–Crippen LogP) is 6.77. The molecule has 1 saturated heterocycles. The normalized spacial score (nSPS) is 16.4. The lowest BCUT2D eigenvalue weighted by molar-refractivity contribution is -0.148. The van der Waals surface area contributed by atoms with E-state index in [0.717, 1.165) is 31.4 Å². The van der Waals surface area contributed by atoms with Gasteiger partial charge in [-0.25, -0.2) is 4.79 Å². The molecule has 0 aliphatic carbocycles. The molecule has 0 aromatic heterocycles. The van der Waals surface area contributed by atoms with Gasteiger partial charge < -0.3 is 9.64 Å². The summed E-state index contributed by atoms with van der Waals surface area (Å²) in [6.07, 6.45) is 8.42. The Kier molecular flexibility index (Phi) is 11.0. The monoisotopic (exact) mass is 455 g/mol. The first kappa shape index (κ1) is 26.2. The summed E-state index contributed by atoms with van der Waals surface area (Å²) in [4.78, 5) is 26.6. The molecular formula is C25H36F3NO3. The zero-order chi connectivity index (χ0) is 23.4. The highest BCUT2D eigenvalue weighted by Crippen LogP contribution is 2.30. The first-order valence-corrected chi connectivity index (χ1v) is 12.0. The highest BCUT2D eigenvalue weighted by atomic mass is 19.4. The number of carbonyl (C=O) groups excluding carboxylic acids is 2. The highest BCUT2D eigenvalue weighted by molar-refractivity contribution is 5.97. The average Bonchev–Trinajstić information content (AvgIpc) is 3.26. The van der Waals surface area contributed by atoms with Crippen molar-refractivity contribution in [1.82, 2.24) is 4.90 Å². The number of amides is 1. The predicted molar refractivity (Wildman–Crippen MR) is 118 cm³/mol. The van der Waals surface area contributed by atoms with Gasteiger partial charge in [-0.05, 0) is 37.5 Å². The fourth-order valence-electron chi connectivity index (χ4n) is 4.11. The number of hydrogen-bond acceptors (Lipinski definition) is 3. The molecule has 1 atom stereocenters. The molecule has 0 bridgehead atoms. The number of nitrogens with zero attached hydrogens (tertiary/aromatic N) is 1. The van der Waals surface area contributed by atoms with Crippen LogP contribution < -0.4 is 0 Å². The average molecular weight is 456 g/mol. The van der Waals surface area contributed by atoms with E-state index in [2.05, 4.69) is 6.92 Å². The minimum atomic E-state index is -4.52. The first-order chi connectivity index (χ1) is 15.3. The standard InChI is InChI=1S/C25H36F3NO3/c1-2-3-4-5-6-7-8-9-10-11-18-32-24(31)22-16-13-17-29(22)23(30)20-14-12-15-21(19-20)25(26,27)28/h12,14-15,19,22H,2-11,13,16-18H2,1H3. The van der Waals surface area contributed by atoms with Crippen molar-refractivity contribution < 1.29 is 27.5 Å². The van der Waals surface area contributed by atoms with Crippen molar-refractivity contribution in [3.8, 4) is 0 Å². The largest absolute Gasteiger partial charge is 0.464 e. The number of likely N-dealkylation sites (tertiary alicyclic amines) is 1. The zero-order valence-electron chi connectivity index (χ0n) is 19.1. The van der Waals surface area contributed by atoms with Crippen LogP contribution in [0.1, 0.15) is 99.9 Å². The summed E-state index contributed by atoms with van der Waals surface area (Å²) in [5.74, 6) is -1.02. The maximum atomic E-state index is 12.9. The van der Waals surface area contributed by atoms with Crippen molar-refractivity contribution in [2.45, 2.75) is 96.2 Å². The van der Waals surface area contributed by atoms with Crippen molar-refractivity contribution in [1.29, 1.82) is 0 Å². The SMILES string of the molecule is CCCCCCCCCCCCOC(=O)C1CCCN1C(=O)c1cccc(C(F)(F)F)c1. The Morgan fingerprint density at radius 3 is 2.25 bits per heavy atom. The van der Waals surface area contributed by atoms with Gasteiger partial charge in [0.25, 0.3) is 5.91 Å². The number of hydrogen-bond donors (Lipinski definition) is 0. The van der Waals surface area contributed by atoms with E-state index in [1.54, 1.807) is 0 Å². The van der Waals surface area contributed by atoms with Crippen LogP contribution in [0, 0.1) is 0 Å². The van der Waals surface area contributed by atoms with Gasteiger partial charge in [0.05, 0.1) is 12.2 Å². The van der Waals surface area contributed by atoms with E-state index in [0.29, 0.717) is 26.0 Å². The van der Waals surface area contributed by atoms with Crippen molar-refractivity contribution in [2.75, 3.05) is 13.2 Å². The van der Waals surface area contributed by atoms with Crippen molar-refractivity contribution in [3.05, 3.63) is 35.4 Å². The number of ether oxygens (including phenoxy) is 1. The molecule has 0 spiro atoms. The smallest absolute Gasteiger partial charge is 0.416 e. The second kappa shape index (κ2) is 13.5. The van der Waals surface area contributed by atoms with Gasteiger partial charge in [0.2, 0.25) is 0 Å². The van der Waals surface area contributed by atoms with Crippen LogP contribution in [0.5, 0.6) is 0 Å². The van der Waals surface area contributed by atoms with Crippen molar-refractivity contribution in [3.63, 3.8) is 0 Å². The van der Waals surface area contributed by atoms with E-state index in [-0.39, 0.29) is 5.56 Å². The maximum Gasteiger partial charge on any atom is 0.416 e. The van der Waals surface area contributed by atoms with Gasteiger partial charge in [-0.2, -0.15) is 13.2 Å². The van der Waals surface area contributed by atoms with Gasteiger partial charge in [-0.15, -0.1) is 0 Å². The molecular weight excluding hydrogens is 419 g/mol. The minimum Gasteiger partial charge on any atom is -0.464 e. The zero-order valence-corrected chi connectivity index (χ0v) is 19.1. The molecule has 1 fully saturated rings. The Labute approximate surface area is 189 Å². The quantitative estimate of drug-likeness (QED) is 0.243. The Hall–Kier alpha value is -2.05. The fraction of sp³-hybridized carbons (Fsp3) is 0.680. The summed E-state index contributed by atoms with van der Waals surface area (Å²) < 4.78 is 44.2. The molecule has 2 rings (SSSR count). The Bertz CT molecular complexity index is 721. The van der Waals surface area contributed by atoms with E-state index >= 15 is 0 Å². The minimum absolute atomic E-state index is 0.0609. The van der Waals surface area contributed by atoms with Gasteiger partial charge in [-0.3, -0.25) is 4.79 Å². The maximum absolute atomic E-state index is 12.9. The first-order valence-electron chi connectivity index (χ1n) is 12.0. The van der Waals surface area contributed by atoms with Gasteiger partial charge in [0.1, 0.15) is 6.04 Å². The molecule has 0 N–H and O–H groups in total. The second-order valence-electron chi connectivity index (χ2n) is 8.58. The van der Waals surface area contributed by atoms with Crippen LogP contribution >= 0.6 is 0 Å². The van der Waals surface area contributed by atoms with Crippen LogP contribution in [0.3, 0.4) is 0 Å². The molecule has 1 aromatic rings. The lowest BCUT2D eigenvalue weighted by Crippen LogP contribution is -2.41. The molecule has 0 saturated carbocycles. The molecule has 1 unspecified atom stereocenters. The second-order valence-corrected chi connectivity index (χ2v) is 8.58. The molecule has 0 radical (unpaired) electrons. The topological polar surface area (TPSA) is 46.6 Å². The number of rotatable bonds is 13. The van der Waals surface area contributed by atoms with Crippen LogP contribution in [0.15, 0.2) is 24.3 Å². The Morgan fingerprint density at radius 1 is 1.00 bits per heavy atom. The fourth-order valence-corrected chi connectivity index (χ4v) is 4.11. The van der Waals surface area contributed by atoms with E-state index in [1.165, 1.54) is 62.0 Å². The molecule has 4 nitrogen and oxygen atoms in total. The third kappa shape index (κ3) is 8.47. The van der Waals surface area contributed by atoms with Crippen molar-refractivity contribution >= 4 is 11.9 Å². The summed E-state index contributed by atoms with van der Waals surface area (Å²) in [6, 6.07) is 3.61. The molecule has 1 amide bonds. The van der Waals surface area contributed by atoms with Gasteiger partial charge in [-0.1, -0.05) is 70.8 Å². The summed E-state index contributed by atoms with van der Waals surface area (Å²) >= 11 is 0. The van der Waals surface area contributed by atoms with Crippen molar-refractivity contribution in [2.24, 2.45) is 0 Å². The molecule has 1 aliphatic heterocycles. The van der Waals surface area contributed by atoms with E-state index in [9.17, 15) is 22.8 Å². The van der Waals surface area contributed by atoms with E-state index in [4.69, 9.17) is 4.74 Å². The lowest BCUT2D eigenvalue weighted by atomic mass is 10.1. The van der Waals surface area contributed by atoms with Gasteiger partial charge in [0.15, 0.2) is 0 Å². The van der Waals surface area contributed by atoms with Gasteiger partial charge >= 0.3 is 12.1 Å². The number of esters is 1. The van der Waals surface area contributed by atoms with Crippen LogP contribution in [-0.2, 0) is 15.7 Å². The molecule has 1 aromatic carbocycles. The number of unbranched alkanes of at least 4 members (excludes halogenated alkanes) is 9. The van der Waals surface area contributed by atoms with Crippen LogP contribution in [0.4, 0.5) is 13.2 Å². The molecule has 1 heterocycles. The lowest BCUT2D eigenvalue weighted by Gasteiger charge is -2.23. The van der Waals surface area contributed by atoms with Crippen LogP contribution in [-0.4, -0.2) is 36.0 Å². The highest BCUT2D eigenvalue weighted by Gasteiger charge is 2.37. The summed E-state index contributed by atoms with van der Waals surface area (Å²) in [6.45, 7) is 2.87. The number of benzene rings is 1. The summed E-state index contributed by atoms with van der Waals surface area (Å²) in [7, 11) is 0. The molecule has 32 heavy (non-hydrogen) atoms. The number of halogens is 3. The Balaban J connectivity index is 1.71. The summed E-state index contributed by atoms with van der Waals surface area (Å²) in [5, 5.41) is 0. The number of alkyl halides is 3. The van der Waals surface area contributed by atoms with E-state index in [1.807, 2.05) is 0 Å². The third-order valence-corrected chi connectivity index (χ3v) is 5.96. The van der Waals surface area contributed by atoms with Crippen LogP contribution in [0.2, 0.25) is 0 Å². The van der Waals surface area contributed by atoms with Gasteiger partial charge in [0, 0.05) is 12.1 Å². The Morgan fingerprint density at radius 2 is 1.62 bits per heavy atom.